The van der Waals surface area contributed by atoms with Gasteiger partial charge in [-0.25, -0.2) is 0 Å². The van der Waals surface area contributed by atoms with Gasteiger partial charge in [-0.15, -0.1) is 0 Å². The summed E-state index contributed by atoms with van der Waals surface area (Å²) in [7, 11) is 0. The van der Waals surface area contributed by atoms with Gasteiger partial charge in [-0.1, -0.05) is 69.7 Å². The standard InChI is InChI=1S/C46H69N3O9/c1-15-26(2)39-29(5)28(4)37(40-41(57-32(8)52)38(56-31(7)51)23-36(58-40)24-55-30(6)50)22-35(39)21-34-17-16-33(20-27(34)3)18-19-44(9,10)42(53)49-46(13,14)43(54)48-25-45(11,12)47/h16-20,22,26,28-29,36,38,40-41H,15,21,23-25,47H2,1-14H3,(H,48,54)(H,49,53). The SMILES string of the molecule is CCC(C)C1=C(Cc2ccc(C=CC(C)(C)C(=O)NC(C)(C)C(=O)NCC(C)(C)N)cc2C)C=C(C2OC(COC(C)=O)CC(OC(C)=O)C2OC(C)=O)C(C)C1C. The predicted octanol–water partition coefficient (Wildman–Crippen LogP) is 6.46. The van der Waals surface area contributed by atoms with Crippen molar-refractivity contribution in [1.82, 2.24) is 10.6 Å². The topological polar surface area (TPSA) is 172 Å². The summed E-state index contributed by atoms with van der Waals surface area (Å²) in [6.07, 6.45) is 4.71. The number of amides is 2. The first kappa shape index (κ1) is 48.1. The van der Waals surface area contributed by atoms with E-state index >= 15 is 0 Å². The average Bonchev–Trinajstić information content (AvgIpc) is 3.10. The van der Waals surface area contributed by atoms with Crippen LogP contribution in [0.2, 0.25) is 0 Å². The largest absolute Gasteiger partial charge is 0.463 e. The Bertz CT molecular complexity index is 1780. The van der Waals surface area contributed by atoms with Gasteiger partial charge in [0.05, 0.1) is 11.5 Å². The normalized spacial score (nSPS) is 23.5. The van der Waals surface area contributed by atoms with E-state index in [9.17, 15) is 24.0 Å². The third-order valence-electron chi connectivity index (χ3n) is 11.3. The molecule has 4 N–H and O–H groups in total. The molecule has 0 bridgehead atoms. The quantitative estimate of drug-likeness (QED) is 0.124. The number of nitrogens with two attached hydrogens (primary N) is 1. The van der Waals surface area contributed by atoms with Crippen molar-refractivity contribution in [2.24, 2.45) is 28.9 Å². The molecular weight excluding hydrogens is 739 g/mol. The van der Waals surface area contributed by atoms with Crippen LogP contribution in [0.5, 0.6) is 0 Å². The van der Waals surface area contributed by atoms with E-state index in [0.29, 0.717) is 12.3 Å². The van der Waals surface area contributed by atoms with Crippen LogP contribution in [0, 0.1) is 30.1 Å². The van der Waals surface area contributed by atoms with Gasteiger partial charge in [-0.3, -0.25) is 24.0 Å². The molecular formula is C46H69N3O9. The Kier molecular flexibility index (Phi) is 16.3. The van der Waals surface area contributed by atoms with Crippen LogP contribution in [0.4, 0.5) is 0 Å². The lowest BCUT2D eigenvalue weighted by atomic mass is 9.68. The summed E-state index contributed by atoms with van der Waals surface area (Å²) in [5.74, 6) is -1.67. The van der Waals surface area contributed by atoms with Crippen molar-refractivity contribution in [2.75, 3.05) is 13.2 Å². The smallest absolute Gasteiger partial charge is 0.303 e. The molecule has 12 heteroatoms. The minimum atomic E-state index is -1.14. The summed E-state index contributed by atoms with van der Waals surface area (Å²) in [5.41, 5.74) is 9.94. The Balaban J connectivity index is 1.97. The predicted molar refractivity (Wildman–Crippen MR) is 225 cm³/mol. The number of rotatable bonds is 16. The van der Waals surface area contributed by atoms with E-state index in [0.717, 1.165) is 34.3 Å². The van der Waals surface area contributed by atoms with Gasteiger partial charge in [0.25, 0.3) is 0 Å². The van der Waals surface area contributed by atoms with E-state index in [2.05, 4.69) is 63.5 Å². The van der Waals surface area contributed by atoms with Crippen LogP contribution in [0.1, 0.15) is 120 Å². The first-order valence-electron chi connectivity index (χ1n) is 20.5. The molecule has 1 aliphatic carbocycles. The van der Waals surface area contributed by atoms with Crippen molar-refractivity contribution in [2.45, 2.75) is 152 Å². The molecule has 322 valence electrons. The highest BCUT2D eigenvalue weighted by atomic mass is 16.6. The van der Waals surface area contributed by atoms with E-state index in [-0.39, 0.29) is 43.2 Å². The number of aryl methyl sites for hydroxylation is 1. The van der Waals surface area contributed by atoms with Gasteiger partial charge in [0, 0.05) is 39.3 Å². The number of ether oxygens (including phenoxy) is 4. The van der Waals surface area contributed by atoms with Crippen molar-refractivity contribution >= 4 is 35.8 Å². The molecule has 2 aliphatic rings. The molecule has 12 nitrogen and oxygen atoms in total. The summed E-state index contributed by atoms with van der Waals surface area (Å²) in [6.45, 7) is 25.7. The molecule has 0 radical (unpaired) electrons. The Morgan fingerprint density at radius 2 is 1.59 bits per heavy atom. The van der Waals surface area contributed by atoms with Crippen molar-refractivity contribution in [1.29, 1.82) is 0 Å². The number of carbonyl (C=O) groups excluding carboxylic acids is 5. The van der Waals surface area contributed by atoms with Gasteiger partial charge in [-0.05, 0) is 107 Å². The van der Waals surface area contributed by atoms with E-state index in [1.54, 1.807) is 13.8 Å². The van der Waals surface area contributed by atoms with Crippen molar-refractivity contribution in [3.05, 3.63) is 63.8 Å². The molecule has 58 heavy (non-hydrogen) atoms. The van der Waals surface area contributed by atoms with E-state index in [4.69, 9.17) is 24.7 Å². The van der Waals surface area contributed by atoms with E-state index in [1.807, 2.05) is 45.9 Å². The van der Waals surface area contributed by atoms with Gasteiger partial charge in [0.2, 0.25) is 11.8 Å². The minimum absolute atomic E-state index is 0.00604. The molecule has 7 unspecified atom stereocenters. The third kappa shape index (κ3) is 13.1. The van der Waals surface area contributed by atoms with Gasteiger partial charge >= 0.3 is 17.9 Å². The zero-order valence-electron chi connectivity index (χ0n) is 37.3. The fourth-order valence-electron chi connectivity index (χ4n) is 7.56. The third-order valence-corrected chi connectivity index (χ3v) is 11.3. The Hall–Kier alpha value is -4.29. The number of esters is 3. The van der Waals surface area contributed by atoms with E-state index in [1.165, 1.54) is 26.3 Å². The van der Waals surface area contributed by atoms with Crippen LogP contribution < -0.4 is 16.4 Å². The molecule has 1 heterocycles. The molecule has 1 aromatic carbocycles. The van der Waals surface area contributed by atoms with Crippen molar-refractivity contribution in [3.63, 3.8) is 0 Å². The molecule has 1 saturated heterocycles. The lowest BCUT2D eigenvalue weighted by molar-refractivity contribution is -0.207. The summed E-state index contributed by atoms with van der Waals surface area (Å²) in [4.78, 5) is 62.8. The number of nitrogens with one attached hydrogen (secondary N) is 2. The molecule has 1 aromatic rings. The number of hydrogen-bond acceptors (Lipinski definition) is 10. The molecule has 2 amide bonds. The molecule has 1 aliphatic heterocycles. The molecule has 0 aromatic heterocycles. The number of benzene rings is 1. The summed E-state index contributed by atoms with van der Waals surface area (Å²) < 4.78 is 23.5. The van der Waals surface area contributed by atoms with Gasteiger partial charge in [-0.2, -0.15) is 0 Å². The van der Waals surface area contributed by atoms with Crippen LogP contribution in [-0.4, -0.2) is 78.4 Å². The maximum Gasteiger partial charge on any atom is 0.303 e. The lowest BCUT2D eigenvalue weighted by Crippen LogP contribution is -2.59. The second-order valence-electron chi connectivity index (χ2n) is 18.1. The van der Waals surface area contributed by atoms with Crippen LogP contribution in [0.3, 0.4) is 0 Å². The Morgan fingerprint density at radius 3 is 2.14 bits per heavy atom. The van der Waals surface area contributed by atoms with Crippen LogP contribution in [-0.2, 0) is 49.3 Å². The zero-order valence-corrected chi connectivity index (χ0v) is 37.3. The first-order chi connectivity index (χ1) is 26.8. The fraction of sp³-hybridized carbons (Fsp3) is 0.630. The first-order valence-corrected chi connectivity index (χ1v) is 20.5. The average molecular weight is 808 g/mol. The van der Waals surface area contributed by atoms with Crippen LogP contribution >= 0.6 is 0 Å². The lowest BCUT2D eigenvalue weighted by Gasteiger charge is -2.45. The highest BCUT2D eigenvalue weighted by Crippen LogP contribution is 2.44. The van der Waals surface area contributed by atoms with Gasteiger partial charge in [0.1, 0.15) is 24.4 Å². The number of allylic oxidation sites excluding steroid dienone is 3. The highest BCUT2D eigenvalue weighted by Gasteiger charge is 2.47. The molecule has 3 rings (SSSR count). The van der Waals surface area contributed by atoms with Crippen molar-refractivity contribution in [3.8, 4) is 0 Å². The summed E-state index contributed by atoms with van der Waals surface area (Å²) in [5, 5.41) is 5.71. The molecule has 0 saturated carbocycles. The molecule has 0 spiro atoms. The maximum atomic E-state index is 13.4. The highest BCUT2D eigenvalue weighted by molar-refractivity contribution is 5.93. The second-order valence-corrected chi connectivity index (χ2v) is 18.1. The van der Waals surface area contributed by atoms with Gasteiger partial charge in [0.15, 0.2) is 6.10 Å². The fourth-order valence-corrected chi connectivity index (χ4v) is 7.56. The minimum Gasteiger partial charge on any atom is -0.463 e. The van der Waals surface area contributed by atoms with Crippen molar-refractivity contribution < 1.29 is 42.9 Å². The monoisotopic (exact) mass is 808 g/mol. The molecule has 7 atom stereocenters. The summed E-state index contributed by atoms with van der Waals surface area (Å²) >= 11 is 0. The summed E-state index contributed by atoms with van der Waals surface area (Å²) in [6, 6.07) is 6.24. The zero-order chi connectivity index (χ0) is 43.9. The Morgan fingerprint density at radius 1 is 0.948 bits per heavy atom. The van der Waals surface area contributed by atoms with E-state index < -0.39 is 58.8 Å². The van der Waals surface area contributed by atoms with Crippen LogP contribution in [0.15, 0.2) is 47.1 Å². The second kappa shape index (κ2) is 19.6. The Labute approximate surface area is 346 Å². The van der Waals surface area contributed by atoms with Crippen LogP contribution in [0.25, 0.3) is 6.08 Å². The van der Waals surface area contributed by atoms with Gasteiger partial charge < -0.3 is 35.3 Å². The number of hydrogen-bond donors (Lipinski definition) is 3. The molecule has 1 fully saturated rings. The number of carbonyl (C=O) groups is 5. The maximum absolute atomic E-state index is 13.4.